The quantitative estimate of drug-likeness (QED) is 0.511. The monoisotopic (exact) mass is 308 g/mol. The molecule has 0 aliphatic heterocycles. The van der Waals surface area contributed by atoms with Crippen LogP contribution in [0.15, 0.2) is 4.42 Å². The molecule has 0 aliphatic rings. The summed E-state index contributed by atoms with van der Waals surface area (Å²) in [6, 6.07) is 0. The van der Waals surface area contributed by atoms with Crippen molar-refractivity contribution in [2.24, 2.45) is 0 Å². The molecule has 0 atom stereocenters. The van der Waals surface area contributed by atoms with Crippen LogP contribution in [0.4, 0.5) is 0 Å². The first-order chi connectivity index (χ1) is 10.6. The Balaban J connectivity index is 2.27. The summed E-state index contributed by atoms with van der Waals surface area (Å²) in [5.74, 6) is 1.66. The molecule has 0 spiro atoms. The number of carboxylic acids is 1. The third kappa shape index (κ3) is 6.67. The second-order valence-electron chi connectivity index (χ2n) is 6.32. The lowest BCUT2D eigenvalue weighted by Crippen LogP contribution is -1.93. The minimum atomic E-state index is -0.683. The van der Waals surface area contributed by atoms with E-state index in [2.05, 4.69) is 20.8 Å². The van der Waals surface area contributed by atoms with E-state index in [1.807, 2.05) is 0 Å². The van der Waals surface area contributed by atoms with Gasteiger partial charge in [-0.25, -0.2) is 0 Å². The summed E-state index contributed by atoms with van der Waals surface area (Å²) in [7, 11) is 0. The van der Waals surface area contributed by atoms with Crippen molar-refractivity contribution in [3.63, 3.8) is 0 Å². The standard InChI is InChI=1S/C19H32O3/c1-4-5-9-12-17-15(2)16(3)18(22-17)13-10-7-6-8-11-14-19(20)21/h4-14H2,1-3H3,(H,20,21). The normalized spacial score (nSPS) is 11.0. The highest BCUT2D eigenvalue weighted by Crippen LogP contribution is 2.24. The fourth-order valence-corrected chi connectivity index (χ4v) is 2.82. The Labute approximate surface area is 135 Å². The molecule has 3 heteroatoms. The van der Waals surface area contributed by atoms with Gasteiger partial charge in [0, 0.05) is 19.3 Å². The van der Waals surface area contributed by atoms with Crippen LogP contribution in [-0.4, -0.2) is 11.1 Å². The maximum absolute atomic E-state index is 10.4. The van der Waals surface area contributed by atoms with Gasteiger partial charge in [-0.15, -0.1) is 0 Å². The van der Waals surface area contributed by atoms with Gasteiger partial charge in [0.25, 0.3) is 0 Å². The van der Waals surface area contributed by atoms with Crippen molar-refractivity contribution in [1.82, 2.24) is 0 Å². The molecular formula is C19H32O3. The Morgan fingerprint density at radius 1 is 0.864 bits per heavy atom. The SMILES string of the molecule is CCCCCc1oc(CCCCCCCC(=O)O)c(C)c1C. The van der Waals surface area contributed by atoms with E-state index >= 15 is 0 Å². The number of rotatable bonds is 12. The average Bonchev–Trinajstić information content (AvgIpc) is 2.74. The summed E-state index contributed by atoms with van der Waals surface area (Å²) in [5, 5.41) is 8.59. The topological polar surface area (TPSA) is 50.4 Å². The molecule has 1 N–H and O–H groups in total. The third-order valence-electron chi connectivity index (χ3n) is 4.45. The maximum Gasteiger partial charge on any atom is 0.303 e. The van der Waals surface area contributed by atoms with E-state index in [0.29, 0.717) is 6.42 Å². The largest absolute Gasteiger partial charge is 0.481 e. The third-order valence-corrected chi connectivity index (χ3v) is 4.45. The Hall–Kier alpha value is -1.25. The van der Waals surface area contributed by atoms with E-state index < -0.39 is 5.97 Å². The first-order valence-electron chi connectivity index (χ1n) is 8.85. The van der Waals surface area contributed by atoms with E-state index in [9.17, 15) is 4.79 Å². The minimum Gasteiger partial charge on any atom is -0.481 e. The molecule has 0 bridgehead atoms. The van der Waals surface area contributed by atoms with Gasteiger partial charge in [-0.1, -0.05) is 39.0 Å². The molecule has 0 unspecified atom stereocenters. The van der Waals surface area contributed by atoms with Crippen molar-refractivity contribution < 1.29 is 14.3 Å². The molecule has 0 radical (unpaired) electrons. The highest BCUT2D eigenvalue weighted by Gasteiger charge is 2.12. The molecule has 0 fully saturated rings. The summed E-state index contributed by atoms with van der Waals surface area (Å²) in [4.78, 5) is 10.4. The summed E-state index contributed by atoms with van der Waals surface area (Å²) in [5.41, 5.74) is 2.67. The van der Waals surface area contributed by atoms with Crippen LogP contribution in [0.3, 0.4) is 0 Å². The highest BCUT2D eigenvalue weighted by molar-refractivity contribution is 5.66. The highest BCUT2D eigenvalue weighted by atomic mass is 16.4. The van der Waals surface area contributed by atoms with Crippen LogP contribution in [0.25, 0.3) is 0 Å². The number of furan rings is 1. The molecule has 22 heavy (non-hydrogen) atoms. The molecule has 1 rings (SSSR count). The number of carboxylic acid groups (broad SMARTS) is 1. The number of hydrogen-bond donors (Lipinski definition) is 1. The van der Waals surface area contributed by atoms with E-state index in [0.717, 1.165) is 50.7 Å². The molecule has 0 saturated carbocycles. The van der Waals surface area contributed by atoms with Gasteiger partial charge in [-0.3, -0.25) is 4.79 Å². The summed E-state index contributed by atoms with van der Waals surface area (Å²) in [6.45, 7) is 6.57. The van der Waals surface area contributed by atoms with E-state index in [1.54, 1.807) is 0 Å². The van der Waals surface area contributed by atoms with Gasteiger partial charge in [0.05, 0.1) is 0 Å². The number of carbonyl (C=O) groups is 1. The van der Waals surface area contributed by atoms with Crippen molar-refractivity contribution in [3.05, 3.63) is 22.6 Å². The molecule has 0 aromatic carbocycles. The first-order valence-corrected chi connectivity index (χ1v) is 8.85. The molecule has 3 nitrogen and oxygen atoms in total. The van der Waals surface area contributed by atoms with Gasteiger partial charge in [-0.2, -0.15) is 0 Å². The average molecular weight is 308 g/mol. The van der Waals surface area contributed by atoms with Crippen LogP contribution in [0, 0.1) is 13.8 Å². The van der Waals surface area contributed by atoms with Gasteiger partial charge in [0.2, 0.25) is 0 Å². The Kier molecular flexibility index (Phi) is 8.95. The summed E-state index contributed by atoms with van der Waals surface area (Å²) < 4.78 is 6.07. The second kappa shape index (κ2) is 10.5. The number of hydrogen-bond acceptors (Lipinski definition) is 2. The molecular weight excluding hydrogens is 276 g/mol. The van der Waals surface area contributed by atoms with Gasteiger partial charge in [-0.05, 0) is 44.2 Å². The van der Waals surface area contributed by atoms with Crippen molar-refractivity contribution >= 4 is 5.97 Å². The maximum atomic E-state index is 10.4. The predicted molar refractivity (Wildman–Crippen MR) is 90.5 cm³/mol. The molecule has 1 aromatic rings. The Bertz CT molecular complexity index is 446. The molecule has 126 valence electrons. The molecule has 0 amide bonds. The Morgan fingerprint density at radius 2 is 1.36 bits per heavy atom. The van der Waals surface area contributed by atoms with Crippen LogP contribution in [0.5, 0.6) is 0 Å². The predicted octanol–water partition coefficient (Wildman–Crippen LogP) is 5.60. The lowest BCUT2D eigenvalue weighted by Gasteiger charge is -2.01. The van der Waals surface area contributed by atoms with Crippen LogP contribution < -0.4 is 0 Å². The fraction of sp³-hybridized carbons (Fsp3) is 0.737. The summed E-state index contributed by atoms with van der Waals surface area (Å²) >= 11 is 0. The van der Waals surface area contributed by atoms with Gasteiger partial charge in [0.1, 0.15) is 11.5 Å². The van der Waals surface area contributed by atoms with Crippen molar-refractivity contribution in [3.8, 4) is 0 Å². The van der Waals surface area contributed by atoms with Gasteiger partial charge in [0.15, 0.2) is 0 Å². The zero-order valence-corrected chi connectivity index (χ0v) is 14.5. The molecule has 1 aromatic heterocycles. The zero-order chi connectivity index (χ0) is 16.4. The van der Waals surface area contributed by atoms with Crippen LogP contribution in [0.2, 0.25) is 0 Å². The lowest BCUT2D eigenvalue weighted by atomic mass is 10.0. The van der Waals surface area contributed by atoms with E-state index in [-0.39, 0.29) is 0 Å². The molecule has 0 aliphatic carbocycles. The van der Waals surface area contributed by atoms with Crippen molar-refractivity contribution in [2.75, 3.05) is 0 Å². The smallest absolute Gasteiger partial charge is 0.303 e. The van der Waals surface area contributed by atoms with E-state index in [4.69, 9.17) is 9.52 Å². The number of aryl methyl sites for hydroxylation is 2. The zero-order valence-electron chi connectivity index (χ0n) is 14.5. The van der Waals surface area contributed by atoms with Crippen molar-refractivity contribution in [2.45, 2.75) is 91.4 Å². The summed E-state index contributed by atoms with van der Waals surface area (Å²) in [6.07, 6.45) is 11.3. The van der Waals surface area contributed by atoms with Gasteiger partial charge >= 0.3 is 5.97 Å². The fourth-order valence-electron chi connectivity index (χ4n) is 2.82. The lowest BCUT2D eigenvalue weighted by molar-refractivity contribution is -0.137. The first kappa shape index (κ1) is 18.8. The second-order valence-corrected chi connectivity index (χ2v) is 6.32. The van der Waals surface area contributed by atoms with Crippen LogP contribution in [-0.2, 0) is 17.6 Å². The minimum absolute atomic E-state index is 0.303. The van der Waals surface area contributed by atoms with Crippen molar-refractivity contribution in [1.29, 1.82) is 0 Å². The Morgan fingerprint density at radius 3 is 1.91 bits per heavy atom. The number of aliphatic carboxylic acids is 1. The van der Waals surface area contributed by atoms with E-state index in [1.165, 1.54) is 36.1 Å². The molecule has 0 saturated heterocycles. The number of unbranched alkanes of at least 4 members (excludes halogenated alkanes) is 6. The van der Waals surface area contributed by atoms with Crippen LogP contribution in [0.1, 0.15) is 87.4 Å². The van der Waals surface area contributed by atoms with Gasteiger partial charge < -0.3 is 9.52 Å². The molecule has 1 heterocycles. The van der Waals surface area contributed by atoms with Crippen LogP contribution >= 0.6 is 0 Å².